The van der Waals surface area contributed by atoms with Crippen molar-refractivity contribution in [2.24, 2.45) is 0 Å². The zero-order valence-electron chi connectivity index (χ0n) is 6.98. The molecular formula is C9H17N. The lowest BCUT2D eigenvalue weighted by molar-refractivity contribution is 0.561. The van der Waals surface area contributed by atoms with E-state index < -0.39 is 0 Å². The number of hydrogen-bond acceptors (Lipinski definition) is 1. The van der Waals surface area contributed by atoms with Crippen LogP contribution in [0.3, 0.4) is 0 Å². The largest absolute Gasteiger partial charge is 0.304 e. The normalized spacial score (nSPS) is 12.5. The van der Waals surface area contributed by atoms with Crippen molar-refractivity contribution in [3.8, 4) is 12.3 Å². The van der Waals surface area contributed by atoms with Crippen LogP contribution in [0.2, 0.25) is 0 Å². The van der Waals surface area contributed by atoms with Gasteiger partial charge >= 0.3 is 0 Å². The molecule has 0 amide bonds. The molecule has 0 spiro atoms. The van der Waals surface area contributed by atoms with Gasteiger partial charge in [0.2, 0.25) is 0 Å². The van der Waals surface area contributed by atoms with Gasteiger partial charge in [0, 0.05) is 0 Å². The van der Waals surface area contributed by atoms with E-state index in [1.165, 1.54) is 12.8 Å². The Hall–Kier alpha value is -0.480. The van der Waals surface area contributed by atoms with Gasteiger partial charge in [0.1, 0.15) is 0 Å². The third-order valence-electron chi connectivity index (χ3n) is 1.50. The molecule has 0 aromatic carbocycles. The highest BCUT2D eigenvalue weighted by Crippen LogP contribution is 1.98. The van der Waals surface area contributed by atoms with Crippen LogP contribution in [-0.4, -0.2) is 12.6 Å². The molecule has 1 heteroatoms. The molecule has 0 aliphatic carbocycles. The highest BCUT2D eigenvalue weighted by atomic mass is 14.9. The molecule has 0 bridgehead atoms. The molecule has 1 atom stereocenters. The fourth-order valence-corrected chi connectivity index (χ4v) is 0.899. The van der Waals surface area contributed by atoms with Crippen molar-refractivity contribution in [2.45, 2.75) is 39.2 Å². The Morgan fingerprint density at radius 3 is 2.60 bits per heavy atom. The van der Waals surface area contributed by atoms with Crippen LogP contribution in [0.1, 0.15) is 33.1 Å². The number of terminal acetylenes is 1. The summed E-state index contributed by atoms with van der Waals surface area (Å²) in [6, 6.07) is 0.296. The van der Waals surface area contributed by atoms with Crippen LogP contribution in [0, 0.1) is 12.3 Å². The minimum atomic E-state index is 0.296. The first-order valence-corrected chi connectivity index (χ1v) is 4.04. The maximum Gasteiger partial charge on any atom is 0.0686 e. The summed E-state index contributed by atoms with van der Waals surface area (Å²) >= 11 is 0. The van der Waals surface area contributed by atoms with Gasteiger partial charge in [-0.05, 0) is 13.0 Å². The third-order valence-corrected chi connectivity index (χ3v) is 1.50. The number of hydrogen-bond donors (Lipinski definition) is 1. The fraction of sp³-hybridized carbons (Fsp3) is 0.778. The van der Waals surface area contributed by atoms with Crippen molar-refractivity contribution in [1.82, 2.24) is 5.32 Å². The van der Waals surface area contributed by atoms with Gasteiger partial charge in [-0.2, -0.15) is 0 Å². The molecule has 1 nitrogen and oxygen atoms in total. The van der Waals surface area contributed by atoms with Gasteiger partial charge in [-0.1, -0.05) is 32.6 Å². The second-order valence-electron chi connectivity index (χ2n) is 2.42. The summed E-state index contributed by atoms with van der Waals surface area (Å²) < 4.78 is 0. The van der Waals surface area contributed by atoms with Crippen molar-refractivity contribution >= 4 is 0 Å². The van der Waals surface area contributed by atoms with E-state index in [-0.39, 0.29) is 0 Å². The molecule has 0 aliphatic rings. The Bertz CT molecular complexity index is 102. The second kappa shape index (κ2) is 6.64. The molecule has 0 aliphatic heterocycles. The maximum absolute atomic E-state index is 5.29. The molecule has 10 heavy (non-hydrogen) atoms. The first-order valence-electron chi connectivity index (χ1n) is 4.04. The maximum atomic E-state index is 5.29. The molecule has 58 valence electrons. The smallest absolute Gasteiger partial charge is 0.0686 e. The van der Waals surface area contributed by atoms with Gasteiger partial charge in [0.05, 0.1) is 6.04 Å². The summed E-state index contributed by atoms with van der Waals surface area (Å²) in [5.74, 6) is 2.73. The average molecular weight is 139 g/mol. The monoisotopic (exact) mass is 139 g/mol. The van der Waals surface area contributed by atoms with Crippen molar-refractivity contribution in [1.29, 1.82) is 0 Å². The molecule has 0 saturated heterocycles. The van der Waals surface area contributed by atoms with Crippen LogP contribution in [-0.2, 0) is 0 Å². The first-order chi connectivity index (χ1) is 4.85. The summed E-state index contributed by atoms with van der Waals surface area (Å²) in [7, 11) is 0. The molecule has 0 saturated carbocycles. The summed E-state index contributed by atoms with van der Waals surface area (Å²) in [6.45, 7) is 5.23. The van der Waals surface area contributed by atoms with E-state index in [1.807, 2.05) is 0 Å². The van der Waals surface area contributed by atoms with Gasteiger partial charge in [0.15, 0.2) is 0 Å². The zero-order valence-corrected chi connectivity index (χ0v) is 6.98. The summed E-state index contributed by atoms with van der Waals surface area (Å²) in [5, 5.41) is 3.23. The lowest BCUT2D eigenvalue weighted by Gasteiger charge is -2.09. The number of unbranched alkanes of at least 4 members (excludes halogenated alkanes) is 1. The van der Waals surface area contributed by atoms with E-state index in [9.17, 15) is 0 Å². The molecule has 0 aromatic rings. The molecular weight excluding hydrogens is 122 g/mol. The van der Waals surface area contributed by atoms with Gasteiger partial charge in [-0.25, -0.2) is 0 Å². The first kappa shape index (κ1) is 9.52. The zero-order chi connectivity index (χ0) is 7.82. The van der Waals surface area contributed by atoms with Crippen LogP contribution in [0.15, 0.2) is 0 Å². The van der Waals surface area contributed by atoms with E-state index in [0.717, 1.165) is 13.0 Å². The average Bonchev–Trinajstić information content (AvgIpc) is 1.98. The molecule has 1 unspecified atom stereocenters. The van der Waals surface area contributed by atoms with E-state index in [2.05, 4.69) is 25.1 Å². The van der Waals surface area contributed by atoms with E-state index in [4.69, 9.17) is 6.42 Å². The van der Waals surface area contributed by atoms with Crippen LogP contribution < -0.4 is 5.32 Å². The van der Waals surface area contributed by atoms with Crippen LogP contribution in [0.25, 0.3) is 0 Å². The summed E-state index contributed by atoms with van der Waals surface area (Å²) in [4.78, 5) is 0. The summed E-state index contributed by atoms with van der Waals surface area (Å²) in [5.41, 5.74) is 0. The summed E-state index contributed by atoms with van der Waals surface area (Å²) in [6.07, 6.45) is 8.85. The molecule has 0 aromatic heterocycles. The van der Waals surface area contributed by atoms with Gasteiger partial charge in [-0.15, -0.1) is 6.42 Å². The molecule has 0 fully saturated rings. The molecule has 0 rings (SSSR count). The highest BCUT2D eigenvalue weighted by Gasteiger charge is 1.99. The lowest BCUT2D eigenvalue weighted by atomic mass is 10.1. The quantitative estimate of drug-likeness (QED) is 0.573. The second-order valence-corrected chi connectivity index (χ2v) is 2.42. The SMILES string of the molecule is C#CC(CCCC)NCC. The van der Waals surface area contributed by atoms with Gasteiger partial charge in [0.25, 0.3) is 0 Å². The Balaban J connectivity index is 3.33. The molecule has 0 heterocycles. The number of rotatable bonds is 5. The van der Waals surface area contributed by atoms with Crippen molar-refractivity contribution in [3.63, 3.8) is 0 Å². The van der Waals surface area contributed by atoms with Crippen LogP contribution in [0.4, 0.5) is 0 Å². The molecule has 0 radical (unpaired) electrons. The van der Waals surface area contributed by atoms with Crippen LogP contribution >= 0.6 is 0 Å². The van der Waals surface area contributed by atoms with Gasteiger partial charge < -0.3 is 5.32 Å². The number of nitrogens with one attached hydrogen (secondary N) is 1. The predicted octanol–water partition coefficient (Wildman–Crippen LogP) is 1.79. The van der Waals surface area contributed by atoms with Crippen molar-refractivity contribution < 1.29 is 0 Å². The van der Waals surface area contributed by atoms with Crippen molar-refractivity contribution in [2.75, 3.05) is 6.54 Å². The van der Waals surface area contributed by atoms with E-state index in [0.29, 0.717) is 6.04 Å². The Labute approximate surface area is 64.2 Å². The van der Waals surface area contributed by atoms with Gasteiger partial charge in [-0.3, -0.25) is 0 Å². The third kappa shape index (κ3) is 4.40. The Kier molecular flexibility index (Phi) is 6.32. The standard InChI is InChI=1S/C9H17N/c1-4-7-8-9(5-2)10-6-3/h2,9-10H,4,6-8H2,1,3H3. The van der Waals surface area contributed by atoms with E-state index in [1.54, 1.807) is 0 Å². The fourth-order valence-electron chi connectivity index (χ4n) is 0.899. The predicted molar refractivity (Wildman–Crippen MR) is 45.8 cm³/mol. The molecule has 1 N–H and O–H groups in total. The van der Waals surface area contributed by atoms with Crippen LogP contribution in [0.5, 0.6) is 0 Å². The topological polar surface area (TPSA) is 12.0 Å². The lowest BCUT2D eigenvalue weighted by Crippen LogP contribution is -2.26. The Morgan fingerprint density at radius 2 is 2.20 bits per heavy atom. The van der Waals surface area contributed by atoms with Crippen molar-refractivity contribution in [3.05, 3.63) is 0 Å². The minimum Gasteiger partial charge on any atom is -0.304 e. The Morgan fingerprint density at radius 1 is 1.50 bits per heavy atom. The minimum absolute atomic E-state index is 0.296. The van der Waals surface area contributed by atoms with E-state index >= 15 is 0 Å². The highest BCUT2D eigenvalue weighted by molar-refractivity contribution is 4.98.